The summed E-state index contributed by atoms with van der Waals surface area (Å²) >= 11 is -0.0295. The number of pyridine rings is 1. The summed E-state index contributed by atoms with van der Waals surface area (Å²) in [5.41, 5.74) is 7.66. The van der Waals surface area contributed by atoms with Gasteiger partial charge in [-0.15, -0.1) is 0 Å². The van der Waals surface area contributed by atoms with Crippen LogP contribution in [0.15, 0.2) is 54.4 Å². The standard InChI is InChI=1S/C31H34GeNS.C13H24O2.Ir/c1-18-14-21-16-22(17-26(31(4,5)6)25(21)15-19(18)2)28-30-24(12-13-33-28)23-10-11-27(32(7,8)9)20(3)29(23)34-30;1-5-10(6-2)12(14)9-13(15)11(7-3)8-4;/h10-15,17H,1-9H3;9-11,14H,5-8H2,1-4H3;/q-1;;/b;12-9-;. The fourth-order valence-electron chi connectivity index (χ4n) is 6.98. The normalized spacial score (nSPS) is 12.5. The van der Waals surface area contributed by atoms with E-state index < -0.39 is 13.3 Å². The van der Waals surface area contributed by atoms with Gasteiger partial charge < -0.3 is 5.11 Å². The zero-order chi connectivity index (χ0) is 36.4. The zero-order valence-corrected chi connectivity index (χ0v) is 38.0. The number of ketones is 1. The molecular formula is C44H58GeIrNO2S-. The first-order valence-corrected chi connectivity index (χ1v) is 26.4. The second-order valence-corrected chi connectivity index (χ2v) is 27.4. The fourth-order valence-corrected chi connectivity index (χ4v) is 12.3. The summed E-state index contributed by atoms with van der Waals surface area (Å²) in [6.45, 7) is 21.7. The number of hydrogen-bond acceptors (Lipinski definition) is 4. The maximum atomic E-state index is 11.7. The number of aliphatic hydroxyl groups excluding tert-OH is 1. The van der Waals surface area contributed by atoms with Crippen LogP contribution in [0.3, 0.4) is 0 Å². The van der Waals surface area contributed by atoms with Crippen molar-refractivity contribution in [1.82, 2.24) is 4.98 Å². The van der Waals surface area contributed by atoms with Crippen molar-refractivity contribution in [3.05, 3.63) is 82.8 Å². The molecule has 271 valence electrons. The molecule has 0 atom stereocenters. The van der Waals surface area contributed by atoms with Crippen LogP contribution in [0.2, 0.25) is 17.3 Å². The first-order chi connectivity index (χ1) is 23.0. The third kappa shape index (κ3) is 9.00. The van der Waals surface area contributed by atoms with Crippen LogP contribution in [0.5, 0.6) is 0 Å². The molecule has 3 aromatic carbocycles. The van der Waals surface area contributed by atoms with Crippen LogP contribution >= 0.6 is 11.3 Å². The molecule has 2 aromatic heterocycles. The predicted octanol–water partition coefficient (Wildman–Crippen LogP) is 12.7. The number of carbonyl (C=O) groups excluding carboxylic acids is 1. The number of aliphatic hydroxyl groups is 1. The predicted molar refractivity (Wildman–Crippen MR) is 219 cm³/mol. The summed E-state index contributed by atoms with van der Waals surface area (Å²) < 4.78 is 4.30. The van der Waals surface area contributed by atoms with Gasteiger partial charge in [0.15, 0.2) is 5.78 Å². The number of thiophene rings is 1. The van der Waals surface area contributed by atoms with Gasteiger partial charge in [0.2, 0.25) is 0 Å². The minimum Gasteiger partial charge on any atom is -0.0408 e. The Morgan fingerprint density at radius 2 is 1.44 bits per heavy atom. The average molecular weight is 930 g/mol. The zero-order valence-electron chi connectivity index (χ0n) is 32.6. The molecule has 0 unspecified atom stereocenters. The molecule has 0 fully saturated rings. The molecule has 0 saturated heterocycles. The van der Waals surface area contributed by atoms with E-state index in [9.17, 15) is 9.90 Å². The number of nitrogens with zero attached hydrogens (tertiary/aromatic N) is 1. The van der Waals surface area contributed by atoms with Crippen LogP contribution in [0.1, 0.15) is 96.4 Å². The molecule has 6 heteroatoms. The topological polar surface area (TPSA) is 50.2 Å². The third-order valence-corrected chi connectivity index (χ3v) is 16.1. The second kappa shape index (κ2) is 17.0. The molecule has 0 aliphatic rings. The first-order valence-electron chi connectivity index (χ1n) is 18.2. The van der Waals surface area contributed by atoms with Gasteiger partial charge in [-0.3, -0.25) is 4.79 Å². The summed E-state index contributed by atoms with van der Waals surface area (Å²) in [6, 6.07) is 17.7. The van der Waals surface area contributed by atoms with Gasteiger partial charge in [-0.25, -0.2) is 0 Å². The summed E-state index contributed by atoms with van der Waals surface area (Å²) in [7, 11) is 0. The van der Waals surface area contributed by atoms with Gasteiger partial charge >= 0.3 is 204 Å². The number of aromatic nitrogens is 1. The molecule has 1 radical (unpaired) electrons. The molecule has 50 heavy (non-hydrogen) atoms. The van der Waals surface area contributed by atoms with Crippen LogP contribution in [0.4, 0.5) is 0 Å². The molecule has 3 nitrogen and oxygen atoms in total. The van der Waals surface area contributed by atoms with Crippen LogP contribution < -0.4 is 4.40 Å². The van der Waals surface area contributed by atoms with Gasteiger partial charge in [-0.05, 0) is 32.6 Å². The molecule has 5 aromatic rings. The van der Waals surface area contributed by atoms with Gasteiger partial charge in [0.25, 0.3) is 0 Å². The Bertz CT molecular complexity index is 2000. The molecule has 2 heterocycles. The summed E-state index contributed by atoms with van der Waals surface area (Å²) in [5, 5.41) is 14.9. The molecule has 0 aliphatic carbocycles. The van der Waals surface area contributed by atoms with Crippen molar-refractivity contribution in [2.24, 2.45) is 11.8 Å². The van der Waals surface area contributed by atoms with Crippen LogP contribution in [-0.4, -0.2) is 29.1 Å². The van der Waals surface area contributed by atoms with Crippen molar-refractivity contribution in [2.75, 3.05) is 0 Å². The van der Waals surface area contributed by atoms with Crippen molar-refractivity contribution in [2.45, 2.75) is 118 Å². The molecule has 0 saturated carbocycles. The summed E-state index contributed by atoms with van der Waals surface area (Å²) in [5.74, 6) is 7.99. The number of rotatable bonds is 9. The van der Waals surface area contributed by atoms with Crippen molar-refractivity contribution in [3.8, 4) is 11.3 Å². The summed E-state index contributed by atoms with van der Waals surface area (Å²) in [4.78, 5) is 16.6. The molecule has 0 aliphatic heterocycles. The number of fused-ring (bicyclic) bond motifs is 4. The van der Waals surface area contributed by atoms with Crippen molar-refractivity contribution in [1.29, 1.82) is 0 Å². The first kappa shape index (κ1) is 42.1. The van der Waals surface area contributed by atoms with E-state index in [-0.39, 0.29) is 48.9 Å². The van der Waals surface area contributed by atoms with E-state index in [0.717, 1.165) is 36.9 Å². The Morgan fingerprint density at radius 1 is 0.860 bits per heavy atom. The van der Waals surface area contributed by atoms with E-state index in [1.807, 2.05) is 45.2 Å². The average Bonchev–Trinajstić information content (AvgIpc) is 3.42. The van der Waals surface area contributed by atoms with Gasteiger partial charge in [0.05, 0.1) is 5.76 Å². The van der Waals surface area contributed by atoms with E-state index in [0.29, 0.717) is 0 Å². The van der Waals surface area contributed by atoms with Gasteiger partial charge in [0, 0.05) is 38.0 Å². The van der Waals surface area contributed by atoms with Crippen LogP contribution in [-0.2, 0) is 30.3 Å². The number of aryl methyl sites for hydroxylation is 3. The van der Waals surface area contributed by atoms with Crippen LogP contribution in [0.25, 0.3) is 42.2 Å². The molecule has 0 spiro atoms. The Morgan fingerprint density at radius 3 is 2.00 bits per heavy atom. The number of allylic oxidation sites excluding steroid dienone is 2. The minimum atomic E-state index is -1.94. The number of benzene rings is 3. The quantitative estimate of drug-likeness (QED) is 0.0693. The van der Waals surface area contributed by atoms with E-state index in [1.54, 1.807) is 4.40 Å². The summed E-state index contributed by atoms with van der Waals surface area (Å²) in [6.07, 6.45) is 6.88. The number of hydrogen-bond donors (Lipinski definition) is 1. The van der Waals surface area contributed by atoms with Gasteiger partial charge in [-0.2, -0.15) is 0 Å². The molecule has 0 bridgehead atoms. The second-order valence-electron chi connectivity index (χ2n) is 15.8. The SMILES string of the molecule is CCC(CC)C(=O)/C=C(\O)C(CC)CC.Cc1cc2[c-]c(-c3nccc4c3sc3c(C)[c]([Ge]([CH3])([CH3])[CH3])ccc34)cc(C(C)(C)C)c2cc1C.[Ir]. The van der Waals surface area contributed by atoms with E-state index in [1.165, 1.54) is 59.3 Å². The molecular weight excluding hydrogens is 871 g/mol. The van der Waals surface area contributed by atoms with Crippen molar-refractivity contribution in [3.63, 3.8) is 0 Å². The minimum absolute atomic E-state index is 0. The Balaban J connectivity index is 0.000000361. The Kier molecular flexibility index (Phi) is 14.3. The Hall–Kier alpha value is -2.31. The monoisotopic (exact) mass is 931 g/mol. The van der Waals surface area contributed by atoms with E-state index in [2.05, 4.69) is 101 Å². The van der Waals surface area contributed by atoms with Gasteiger partial charge in [0.1, 0.15) is 0 Å². The van der Waals surface area contributed by atoms with Crippen molar-refractivity contribution >= 4 is 65.7 Å². The maximum absolute atomic E-state index is 11.7. The molecule has 0 amide bonds. The third-order valence-electron chi connectivity index (χ3n) is 10.2. The van der Waals surface area contributed by atoms with E-state index in [4.69, 9.17) is 4.98 Å². The molecule has 1 N–H and O–H groups in total. The number of carbonyl (C=O) groups is 1. The van der Waals surface area contributed by atoms with Gasteiger partial charge in [-0.1, -0.05) is 27.7 Å². The Labute approximate surface area is 322 Å². The fraction of sp³-hybridized carbons (Fsp3) is 0.455. The van der Waals surface area contributed by atoms with Crippen molar-refractivity contribution < 1.29 is 30.0 Å². The van der Waals surface area contributed by atoms with Crippen LogP contribution in [0, 0.1) is 38.7 Å². The van der Waals surface area contributed by atoms with E-state index >= 15 is 0 Å². The smallest absolute Gasteiger partial charge is 0.0408 e. The molecule has 5 rings (SSSR count).